The van der Waals surface area contributed by atoms with Gasteiger partial charge < -0.3 is 25.4 Å². The molecule has 0 radical (unpaired) electrons. The van der Waals surface area contributed by atoms with E-state index in [1.54, 1.807) is 27.9 Å². The molecular formula is C24H38N4O5. The van der Waals surface area contributed by atoms with Crippen LogP contribution in [0, 0.1) is 5.92 Å². The van der Waals surface area contributed by atoms with Crippen LogP contribution in [0.4, 0.5) is 4.79 Å². The predicted molar refractivity (Wildman–Crippen MR) is 126 cm³/mol. The number of carbonyl (C=O) groups is 3. The monoisotopic (exact) mass is 462 g/mol. The molecule has 0 aromatic heterocycles. The maximum absolute atomic E-state index is 12.7. The van der Waals surface area contributed by atoms with E-state index in [1.165, 1.54) is 0 Å². The Morgan fingerprint density at radius 1 is 1.12 bits per heavy atom. The molecule has 0 aliphatic carbocycles. The molecule has 3 N–H and O–H groups in total. The number of para-hydroxylation sites is 1. The van der Waals surface area contributed by atoms with Crippen LogP contribution in [0.2, 0.25) is 0 Å². The summed E-state index contributed by atoms with van der Waals surface area (Å²) in [6.45, 7) is 9.54. The van der Waals surface area contributed by atoms with Crippen molar-refractivity contribution in [1.29, 1.82) is 0 Å². The van der Waals surface area contributed by atoms with Gasteiger partial charge in [-0.2, -0.15) is 0 Å². The van der Waals surface area contributed by atoms with Gasteiger partial charge in [-0.15, -0.1) is 0 Å². The Kier molecular flexibility index (Phi) is 9.96. The first-order chi connectivity index (χ1) is 15.6. The lowest BCUT2D eigenvalue weighted by Crippen LogP contribution is -2.51. The van der Waals surface area contributed by atoms with Crippen LogP contribution in [-0.4, -0.2) is 67.7 Å². The summed E-state index contributed by atoms with van der Waals surface area (Å²) >= 11 is 0. The van der Waals surface area contributed by atoms with Crippen molar-refractivity contribution in [1.82, 2.24) is 20.9 Å². The lowest BCUT2D eigenvalue weighted by atomic mass is 9.96. The Hall–Kier alpha value is -2.81. The first-order valence-corrected chi connectivity index (χ1v) is 11.5. The average molecular weight is 463 g/mol. The molecule has 0 spiro atoms. The van der Waals surface area contributed by atoms with Crippen LogP contribution in [0.3, 0.4) is 0 Å². The van der Waals surface area contributed by atoms with Crippen LogP contribution in [0.25, 0.3) is 0 Å². The fourth-order valence-corrected chi connectivity index (χ4v) is 3.73. The topological polar surface area (TPSA) is 109 Å². The minimum Gasteiger partial charge on any atom is -0.496 e. The highest BCUT2D eigenvalue weighted by Gasteiger charge is 2.30. The molecule has 33 heavy (non-hydrogen) atoms. The number of hydrogen-bond acceptors (Lipinski definition) is 6. The molecule has 9 heteroatoms. The molecule has 1 aliphatic rings. The highest BCUT2D eigenvalue weighted by Crippen LogP contribution is 2.20. The third kappa shape index (κ3) is 8.92. The van der Waals surface area contributed by atoms with Crippen molar-refractivity contribution < 1.29 is 23.9 Å². The Morgan fingerprint density at radius 3 is 2.52 bits per heavy atom. The molecular weight excluding hydrogens is 424 g/mol. The fourth-order valence-electron chi connectivity index (χ4n) is 3.73. The van der Waals surface area contributed by atoms with E-state index < -0.39 is 11.7 Å². The van der Waals surface area contributed by atoms with E-state index >= 15 is 0 Å². The molecule has 2 rings (SSSR count). The number of rotatable bonds is 9. The van der Waals surface area contributed by atoms with E-state index in [4.69, 9.17) is 9.47 Å². The number of nitrogens with one attached hydrogen (secondary N) is 3. The minimum absolute atomic E-state index is 0.0627. The summed E-state index contributed by atoms with van der Waals surface area (Å²) in [5.41, 5.74) is 0.353. The molecule has 3 amide bonds. The van der Waals surface area contributed by atoms with Gasteiger partial charge in [-0.05, 0) is 53.1 Å². The third-order valence-corrected chi connectivity index (χ3v) is 5.49. The highest BCUT2D eigenvalue weighted by atomic mass is 16.6. The molecule has 1 aromatic rings. The summed E-state index contributed by atoms with van der Waals surface area (Å²) in [5, 5.41) is 8.47. The van der Waals surface area contributed by atoms with E-state index in [0.717, 1.165) is 30.7 Å². The number of benzene rings is 1. The number of alkyl carbamates (subject to hydrolysis) is 1. The molecule has 0 bridgehead atoms. The molecule has 1 heterocycles. The second kappa shape index (κ2) is 12.4. The molecule has 1 aromatic carbocycles. The van der Waals surface area contributed by atoms with Crippen LogP contribution < -0.4 is 20.7 Å². The van der Waals surface area contributed by atoms with E-state index in [2.05, 4.69) is 16.0 Å². The molecule has 1 aliphatic heterocycles. The highest BCUT2D eigenvalue weighted by molar-refractivity contribution is 5.82. The second-order valence-electron chi connectivity index (χ2n) is 9.26. The van der Waals surface area contributed by atoms with Crippen molar-refractivity contribution in [3.8, 4) is 5.75 Å². The lowest BCUT2D eigenvalue weighted by Gasteiger charge is -2.35. The maximum Gasteiger partial charge on any atom is 0.407 e. The Labute approximate surface area is 196 Å². The van der Waals surface area contributed by atoms with Crippen molar-refractivity contribution in [2.45, 2.75) is 58.7 Å². The van der Waals surface area contributed by atoms with Crippen LogP contribution in [0.15, 0.2) is 24.3 Å². The van der Waals surface area contributed by atoms with Gasteiger partial charge in [-0.3, -0.25) is 14.5 Å². The van der Waals surface area contributed by atoms with Gasteiger partial charge in [0.05, 0.1) is 19.1 Å². The SMILES string of the molecule is COc1ccccc1CNC(=O)C(C)N1CCCC(C(=O)NCCNC(=O)OC(C)(C)C)C1. The van der Waals surface area contributed by atoms with E-state index in [9.17, 15) is 14.4 Å². The summed E-state index contributed by atoms with van der Waals surface area (Å²) in [7, 11) is 1.61. The number of nitrogens with zero attached hydrogens (tertiary/aromatic N) is 1. The van der Waals surface area contributed by atoms with Gasteiger partial charge in [-0.1, -0.05) is 18.2 Å². The van der Waals surface area contributed by atoms with Gasteiger partial charge in [0.15, 0.2) is 0 Å². The number of hydrogen-bond donors (Lipinski definition) is 3. The van der Waals surface area contributed by atoms with Crippen molar-refractivity contribution in [3.05, 3.63) is 29.8 Å². The Balaban J connectivity index is 1.76. The van der Waals surface area contributed by atoms with Crippen molar-refractivity contribution in [2.75, 3.05) is 33.3 Å². The number of likely N-dealkylation sites (tertiary alicyclic amines) is 1. The van der Waals surface area contributed by atoms with Crippen molar-refractivity contribution >= 4 is 17.9 Å². The summed E-state index contributed by atoms with van der Waals surface area (Å²) in [6, 6.07) is 7.23. The Bertz CT molecular complexity index is 808. The van der Waals surface area contributed by atoms with E-state index in [-0.39, 0.29) is 23.8 Å². The zero-order valence-electron chi connectivity index (χ0n) is 20.4. The van der Waals surface area contributed by atoms with Crippen molar-refractivity contribution in [3.63, 3.8) is 0 Å². The third-order valence-electron chi connectivity index (χ3n) is 5.49. The lowest BCUT2D eigenvalue weighted by molar-refractivity contribution is -0.131. The normalized spacial score (nSPS) is 17.5. The molecule has 1 fully saturated rings. The van der Waals surface area contributed by atoms with Gasteiger partial charge in [0.1, 0.15) is 11.4 Å². The van der Waals surface area contributed by atoms with Gasteiger partial charge in [0.25, 0.3) is 0 Å². The standard InChI is InChI=1S/C24H38N4O5/c1-17(21(29)27-15-18-9-6-7-11-20(18)32-5)28-14-8-10-19(16-28)22(30)25-12-13-26-23(31)33-24(2,3)4/h6-7,9,11,17,19H,8,10,12-16H2,1-5H3,(H,25,30)(H,26,31)(H,27,29). The first-order valence-electron chi connectivity index (χ1n) is 11.5. The second-order valence-corrected chi connectivity index (χ2v) is 9.26. The van der Waals surface area contributed by atoms with Gasteiger partial charge in [0.2, 0.25) is 11.8 Å². The largest absolute Gasteiger partial charge is 0.496 e. The summed E-state index contributed by atoms with van der Waals surface area (Å²) < 4.78 is 10.5. The number of ether oxygens (including phenoxy) is 2. The molecule has 0 saturated carbocycles. The molecule has 2 atom stereocenters. The number of piperidine rings is 1. The van der Waals surface area contributed by atoms with Crippen LogP contribution in [0.1, 0.15) is 46.1 Å². The number of carbonyl (C=O) groups excluding carboxylic acids is 3. The maximum atomic E-state index is 12.7. The summed E-state index contributed by atoms with van der Waals surface area (Å²) in [5.74, 6) is 0.405. The average Bonchev–Trinajstić information content (AvgIpc) is 2.78. The van der Waals surface area contributed by atoms with E-state index in [0.29, 0.717) is 26.2 Å². The predicted octanol–water partition coefficient (Wildman–Crippen LogP) is 2.05. The van der Waals surface area contributed by atoms with Gasteiger partial charge in [0, 0.05) is 31.7 Å². The molecule has 9 nitrogen and oxygen atoms in total. The number of amides is 3. The molecule has 184 valence electrons. The zero-order valence-corrected chi connectivity index (χ0v) is 20.4. The quantitative estimate of drug-likeness (QED) is 0.485. The smallest absolute Gasteiger partial charge is 0.407 e. The van der Waals surface area contributed by atoms with E-state index in [1.807, 2.05) is 36.1 Å². The molecule has 1 saturated heterocycles. The van der Waals surface area contributed by atoms with Crippen LogP contribution >= 0.6 is 0 Å². The van der Waals surface area contributed by atoms with Crippen molar-refractivity contribution in [2.24, 2.45) is 5.92 Å². The Morgan fingerprint density at radius 2 is 1.82 bits per heavy atom. The fraction of sp³-hybridized carbons (Fsp3) is 0.625. The van der Waals surface area contributed by atoms with Gasteiger partial charge in [-0.25, -0.2) is 4.79 Å². The number of methoxy groups -OCH3 is 1. The summed E-state index contributed by atoms with van der Waals surface area (Å²) in [4.78, 5) is 39.0. The van der Waals surface area contributed by atoms with Crippen LogP contribution in [0.5, 0.6) is 5.75 Å². The van der Waals surface area contributed by atoms with Gasteiger partial charge >= 0.3 is 6.09 Å². The summed E-state index contributed by atoms with van der Waals surface area (Å²) in [6.07, 6.45) is 1.11. The van der Waals surface area contributed by atoms with Crippen LogP contribution in [-0.2, 0) is 20.9 Å². The first kappa shape index (κ1) is 26.4. The molecule has 2 unspecified atom stereocenters. The minimum atomic E-state index is -0.560. The zero-order chi connectivity index (χ0) is 24.4.